The zero-order chi connectivity index (χ0) is 24.6. The second-order valence-corrected chi connectivity index (χ2v) is 13.7. The Hall–Kier alpha value is -2.97. The van der Waals surface area contributed by atoms with Gasteiger partial charge in [-0.15, -0.1) is 0 Å². The standard InChI is InChI=1S/C29H30NO3P/c1-17(31)34(33,18(2)32)16-19-11-12-20-21-14-25-27(15-24(21)29(5,6)23(20)13-19)30-26-10-8-7-9-22(26)28(25,3)4/h7-15,30H,16H2,1-6H3. The van der Waals surface area contributed by atoms with Crippen LogP contribution >= 0.6 is 7.14 Å². The molecule has 4 nitrogen and oxygen atoms in total. The van der Waals surface area contributed by atoms with Crippen LogP contribution in [0.15, 0.2) is 54.6 Å². The fraction of sp³-hybridized carbons (Fsp3) is 0.310. The number of rotatable bonds is 4. The van der Waals surface area contributed by atoms with Crippen LogP contribution < -0.4 is 5.32 Å². The molecular formula is C29H30NO3P. The molecule has 0 radical (unpaired) electrons. The summed E-state index contributed by atoms with van der Waals surface area (Å²) in [6, 6.07) is 19.1. The number of anilines is 2. The lowest BCUT2D eigenvalue weighted by Crippen LogP contribution is -2.26. The third-order valence-corrected chi connectivity index (χ3v) is 10.7. The van der Waals surface area contributed by atoms with E-state index in [-0.39, 0.29) is 17.0 Å². The third kappa shape index (κ3) is 3.08. The highest BCUT2D eigenvalue weighted by atomic mass is 31.2. The van der Waals surface area contributed by atoms with Crippen LogP contribution in [0.4, 0.5) is 11.4 Å². The Morgan fingerprint density at radius 3 is 2.03 bits per heavy atom. The van der Waals surface area contributed by atoms with E-state index in [0.717, 1.165) is 28.1 Å². The molecule has 1 aliphatic heterocycles. The van der Waals surface area contributed by atoms with Gasteiger partial charge in [0.2, 0.25) is 7.14 Å². The average molecular weight is 472 g/mol. The SMILES string of the molecule is CC(=O)P(=O)(Cc1ccc2c(c1)C(C)(C)c1cc3c(cc1-2)C(C)(C)c1ccccc1N3)C(C)=O. The summed E-state index contributed by atoms with van der Waals surface area (Å²) in [6.45, 7) is 11.4. The van der Waals surface area contributed by atoms with E-state index in [2.05, 4.69) is 75.5 Å². The van der Waals surface area contributed by atoms with Gasteiger partial charge in [0.15, 0.2) is 11.0 Å². The van der Waals surface area contributed by atoms with E-state index in [0.29, 0.717) is 0 Å². The molecule has 1 aliphatic carbocycles. The maximum Gasteiger partial charge on any atom is 0.214 e. The Bertz CT molecular complexity index is 1430. The molecule has 0 amide bonds. The van der Waals surface area contributed by atoms with Crippen molar-refractivity contribution >= 4 is 29.6 Å². The summed E-state index contributed by atoms with van der Waals surface area (Å²) in [5.74, 6) is 0. The summed E-state index contributed by atoms with van der Waals surface area (Å²) in [5, 5.41) is 3.65. The molecule has 1 N–H and O–H groups in total. The van der Waals surface area contributed by atoms with Gasteiger partial charge in [-0.2, -0.15) is 0 Å². The summed E-state index contributed by atoms with van der Waals surface area (Å²) in [7, 11) is -3.58. The second-order valence-electron chi connectivity index (χ2n) is 10.7. The Kier molecular flexibility index (Phi) is 4.87. The van der Waals surface area contributed by atoms with Gasteiger partial charge in [0, 0.05) is 42.2 Å². The zero-order valence-electron chi connectivity index (χ0n) is 20.6. The van der Waals surface area contributed by atoms with Crippen molar-refractivity contribution in [2.24, 2.45) is 0 Å². The molecule has 1 heterocycles. The summed E-state index contributed by atoms with van der Waals surface area (Å²) >= 11 is 0. The summed E-state index contributed by atoms with van der Waals surface area (Å²) in [4.78, 5) is 24.1. The van der Waals surface area contributed by atoms with Crippen molar-refractivity contribution in [2.45, 2.75) is 58.5 Å². The zero-order valence-corrected chi connectivity index (χ0v) is 21.5. The number of carbonyl (C=O) groups excluding carboxylic acids is 2. The van der Waals surface area contributed by atoms with Gasteiger partial charge < -0.3 is 9.88 Å². The van der Waals surface area contributed by atoms with Crippen LogP contribution in [0.5, 0.6) is 0 Å². The van der Waals surface area contributed by atoms with Gasteiger partial charge in [0.25, 0.3) is 0 Å². The van der Waals surface area contributed by atoms with Crippen molar-refractivity contribution in [3.8, 4) is 11.1 Å². The smallest absolute Gasteiger partial charge is 0.214 e. The van der Waals surface area contributed by atoms with E-state index in [1.165, 1.54) is 36.1 Å². The maximum atomic E-state index is 13.1. The molecule has 5 heteroatoms. The Balaban J connectivity index is 1.64. The predicted octanol–water partition coefficient (Wildman–Crippen LogP) is 7.33. The first-order valence-electron chi connectivity index (χ1n) is 11.7. The highest BCUT2D eigenvalue weighted by molar-refractivity contribution is 7.93. The van der Waals surface area contributed by atoms with Crippen molar-refractivity contribution < 1.29 is 14.2 Å². The number of para-hydroxylation sites is 1. The molecule has 3 aromatic carbocycles. The summed E-state index contributed by atoms with van der Waals surface area (Å²) < 4.78 is 13.1. The van der Waals surface area contributed by atoms with E-state index in [4.69, 9.17) is 0 Å². The summed E-state index contributed by atoms with van der Waals surface area (Å²) in [6.07, 6.45) is -0.0161. The topological polar surface area (TPSA) is 63.2 Å². The number of nitrogens with one attached hydrogen (secondary N) is 1. The van der Waals surface area contributed by atoms with Crippen LogP contribution in [0.1, 0.15) is 69.4 Å². The average Bonchev–Trinajstić information content (AvgIpc) is 2.99. The van der Waals surface area contributed by atoms with Crippen molar-refractivity contribution in [1.29, 1.82) is 0 Å². The first kappa shape index (κ1) is 22.8. The molecule has 0 unspecified atom stereocenters. The van der Waals surface area contributed by atoms with Gasteiger partial charge in [-0.1, -0.05) is 64.1 Å². The number of hydrogen-bond acceptors (Lipinski definition) is 4. The first-order valence-corrected chi connectivity index (χ1v) is 13.6. The van der Waals surface area contributed by atoms with Crippen LogP contribution in [-0.2, 0) is 31.1 Å². The lowest BCUT2D eigenvalue weighted by Gasteiger charge is -2.36. The van der Waals surface area contributed by atoms with Crippen molar-refractivity contribution in [3.05, 3.63) is 82.4 Å². The highest BCUT2D eigenvalue weighted by Gasteiger charge is 2.41. The molecule has 2 aliphatic rings. The number of benzene rings is 3. The van der Waals surface area contributed by atoms with Crippen molar-refractivity contribution in [3.63, 3.8) is 0 Å². The molecule has 0 fully saturated rings. The molecule has 174 valence electrons. The van der Waals surface area contributed by atoms with Crippen LogP contribution in [0.25, 0.3) is 11.1 Å². The fourth-order valence-corrected chi connectivity index (χ4v) is 7.28. The lowest BCUT2D eigenvalue weighted by atomic mass is 9.72. The Labute approximate surface area is 201 Å². The Morgan fingerprint density at radius 1 is 0.735 bits per heavy atom. The second kappa shape index (κ2) is 7.26. The van der Waals surface area contributed by atoms with Crippen LogP contribution in [0.2, 0.25) is 0 Å². The van der Waals surface area contributed by atoms with Crippen molar-refractivity contribution in [2.75, 3.05) is 5.32 Å². The molecule has 0 saturated heterocycles. The van der Waals surface area contributed by atoms with E-state index < -0.39 is 18.2 Å². The van der Waals surface area contributed by atoms with Gasteiger partial charge in [-0.3, -0.25) is 9.59 Å². The third-order valence-electron chi connectivity index (χ3n) is 7.84. The minimum Gasteiger partial charge on any atom is -0.355 e. The van der Waals surface area contributed by atoms with E-state index in [1.807, 2.05) is 12.1 Å². The normalized spacial score (nSPS) is 16.5. The monoisotopic (exact) mass is 471 g/mol. The van der Waals surface area contributed by atoms with E-state index >= 15 is 0 Å². The molecule has 34 heavy (non-hydrogen) atoms. The van der Waals surface area contributed by atoms with Gasteiger partial charge in [0.05, 0.1) is 0 Å². The number of hydrogen-bond donors (Lipinski definition) is 1. The molecule has 0 aromatic heterocycles. The van der Waals surface area contributed by atoms with Crippen LogP contribution in [0.3, 0.4) is 0 Å². The van der Waals surface area contributed by atoms with Crippen LogP contribution in [-0.4, -0.2) is 11.0 Å². The molecule has 5 rings (SSSR count). The van der Waals surface area contributed by atoms with Gasteiger partial charge in [-0.25, -0.2) is 0 Å². The van der Waals surface area contributed by atoms with Gasteiger partial charge >= 0.3 is 0 Å². The van der Waals surface area contributed by atoms with Crippen molar-refractivity contribution in [1.82, 2.24) is 0 Å². The predicted molar refractivity (Wildman–Crippen MR) is 139 cm³/mol. The first-order chi connectivity index (χ1) is 15.9. The summed E-state index contributed by atoms with van der Waals surface area (Å²) in [5.41, 5.74) is 8.84. The molecule has 0 atom stereocenters. The molecular weight excluding hydrogens is 441 g/mol. The largest absolute Gasteiger partial charge is 0.355 e. The van der Waals surface area contributed by atoms with Gasteiger partial charge in [-0.05, 0) is 57.1 Å². The minimum absolute atomic E-state index is 0.0161. The fourth-order valence-electron chi connectivity index (χ4n) is 5.68. The molecule has 0 bridgehead atoms. The maximum absolute atomic E-state index is 13.1. The molecule has 0 spiro atoms. The minimum atomic E-state index is -3.58. The highest BCUT2D eigenvalue weighted by Crippen LogP contribution is 2.56. The number of carbonyl (C=O) groups is 2. The molecule has 0 saturated carbocycles. The lowest BCUT2D eigenvalue weighted by molar-refractivity contribution is -0.113. The Morgan fingerprint density at radius 2 is 1.35 bits per heavy atom. The molecule has 3 aromatic rings. The number of fused-ring (bicyclic) bond motifs is 5. The van der Waals surface area contributed by atoms with Gasteiger partial charge in [0.1, 0.15) is 0 Å². The van der Waals surface area contributed by atoms with E-state index in [9.17, 15) is 14.2 Å². The van der Waals surface area contributed by atoms with Crippen LogP contribution in [0, 0.1) is 0 Å². The quantitative estimate of drug-likeness (QED) is 0.405. The van der Waals surface area contributed by atoms with E-state index in [1.54, 1.807) is 0 Å².